The number of nitrogens with one attached hydrogen (secondary N) is 1. The Bertz CT molecular complexity index is 1110. The van der Waals surface area contributed by atoms with Gasteiger partial charge in [0.2, 0.25) is 11.8 Å². The van der Waals surface area contributed by atoms with Crippen LogP contribution >= 0.6 is 11.3 Å². The fraction of sp³-hybridized carbons (Fsp3) is 0.250. The van der Waals surface area contributed by atoms with E-state index in [4.69, 9.17) is 4.74 Å². The molecule has 7 heteroatoms. The molecule has 31 heavy (non-hydrogen) atoms. The number of benzene rings is 2. The molecule has 5 nitrogen and oxygen atoms in total. The minimum absolute atomic E-state index is 0.0126. The van der Waals surface area contributed by atoms with Crippen molar-refractivity contribution < 1.29 is 14.3 Å². The normalized spacial score (nSPS) is 18.5. The predicted molar refractivity (Wildman–Crippen MR) is 127 cm³/mol. The minimum atomic E-state index is -2.11. The topological polar surface area (TPSA) is 58.6 Å². The van der Waals surface area contributed by atoms with Crippen LogP contribution in [0.5, 0.6) is 5.75 Å². The van der Waals surface area contributed by atoms with Gasteiger partial charge >= 0.3 is 0 Å². The molecule has 1 aliphatic heterocycles. The van der Waals surface area contributed by atoms with Gasteiger partial charge in [0, 0.05) is 22.2 Å². The highest BCUT2D eigenvalue weighted by molar-refractivity contribution is 7.10. The van der Waals surface area contributed by atoms with Gasteiger partial charge in [0.05, 0.1) is 19.1 Å². The number of carbonyl (C=O) groups is 2. The largest absolute Gasteiger partial charge is 0.497 e. The van der Waals surface area contributed by atoms with Crippen molar-refractivity contribution in [2.24, 2.45) is 0 Å². The lowest BCUT2D eigenvalue weighted by Crippen LogP contribution is -2.56. The molecule has 2 atom stereocenters. The van der Waals surface area contributed by atoms with Gasteiger partial charge in [-0.15, -0.1) is 11.3 Å². The van der Waals surface area contributed by atoms with E-state index < -0.39 is 14.2 Å². The highest BCUT2D eigenvalue weighted by Crippen LogP contribution is 2.46. The van der Waals surface area contributed by atoms with Gasteiger partial charge in [-0.05, 0) is 35.2 Å². The molecule has 0 aliphatic carbocycles. The number of anilines is 1. The molecule has 1 aromatic heterocycles. The van der Waals surface area contributed by atoms with Crippen molar-refractivity contribution >= 4 is 37.1 Å². The van der Waals surface area contributed by atoms with E-state index in [0.29, 0.717) is 17.0 Å². The van der Waals surface area contributed by atoms with Crippen molar-refractivity contribution in [1.82, 2.24) is 4.57 Å². The lowest BCUT2D eigenvalue weighted by atomic mass is 9.82. The third kappa shape index (κ3) is 4.03. The second kappa shape index (κ2) is 8.32. The number of hydrogen-bond acceptors (Lipinski definition) is 4. The molecule has 1 aliphatic rings. The Balaban J connectivity index is 1.84. The summed E-state index contributed by atoms with van der Waals surface area (Å²) in [5, 5.41) is 5.07. The third-order valence-corrected chi connectivity index (χ3v) is 8.39. The SMILES string of the molecule is COc1cccc(NC(=O)C2c3ccccc3C(=O)N([Si](C)(C)C)C2c2cccs2)c1. The number of fused-ring (bicyclic) bond motifs is 1. The fourth-order valence-corrected chi connectivity index (χ4v) is 7.01. The van der Waals surface area contributed by atoms with Gasteiger partial charge in [-0.25, -0.2) is 0 Å². The summed E-state index contributed by atoms with van der Waals surface area (Å²) >= 11 is 1.59. The third-order valence-electron chi connectivity index (χ3n) is 5.52. The van der Waals surface area contributed by atoms with Crippen molar-refractivity contribution in [2.45, 2.75) is 31.6 Å². The van der Waals surface area contributed by atoms with E-state index in [-0.39, 0.29) is 17.9 Å². The van der Waals surface area contributed by atoms with Gasteiger partial charge < -0.3 is 14.6 Å². The van der Waals surface area contributed by atoms with Crippen molar-refractivity contribution in [3.05, 3.63) is 82.0 Å². The van der Waals surface area contributed by atoms with Crippen molar-refractivity contribution in [3.63, 3.8) is 0 Å². The Morgan fingerprint density at radius 1 is 1.06 bits per heavy atom. The summed E-state index contributed by atoms with van der Waals surface area (Å²) in [5.74, 6) is 0.0504. The van der Waals surface area contributed by atoms with E-state index in [9.17, 15) is 9.59 Å². The first-order chi connectivity index (χ1) is 14.8. The van der Waals surface area contributed by atoms with Crippen LogP contribution in [0.25, 0.3) is 0 Å². The average molecular weight is 451 g/mol. The van der Waals surface area contributed by atoms with E-state index in [0.717, 1.165) is 10.4 Å². The molecule has 0 saturated heterocycles. The van der Waals surface area contributed by atoms with Crippen molar-refractivity contribution in [3.8, 4) is 5.75 Å². The number of methoxy groups -OCH3 is 1. The zero-order valence-electron chi connectivity index (χ0n) is 18.1. The van der Waals surface area contributed by atoms with E-state index in [1.54, 1.807) is 24.5 Å². The second-order valence-electron chi connectivity index (χ2n) is 8.59. The van der Waals surface area contributed by atoms with E-state index in [1.165, 1.54) is 0 Å². The monoisotopic (exact) mass is 450 g/mol. The molecule has 2 amide bonds. The molecule has 4 rings (SSSR count). The predicted octanol–water partition coefficient (Wildman–Crippen LogP) is 5.51. The first-order valence-electron chi connectivity index (χ1n) is 10.2. The maximum atomic E-state index is 13.7. The molecule has 160 valence electrons. The molecule has 3 aromatic rings. The second-order valence-corrected chi connectivity index (χ2v) is 14.4. The van der Waals surface area contributed by atoms with E-state index in [2.05, 4.69) is 25.0 Å². The van der Waals surface area contributed by atoms with Crippen LogP contribution in [0.3, 0.4) is 0 Å². The van der Waals surface area contributed by atoms with Gasteiger partial charge in [0.15, 0.2) is 8.24 Å². The Kier molecular flexibility index (Phi) is 5.73. The quantitative estimate of drug-likeness (QED) is 0.521. The number of thiophene rings is 1. The van der Waals surface area contributed by atoms with Gasteiger partial charge in [0.1, 0.15) is 5.75 Å². The van der Waals surface area contributed by atoms with Gasteiger partial charge in [0.25, 0.3) is 0 Å². The molecular weight excluding hydrogens is 424 g/mol. The summed E-state index contributed by atoms with van der Waals surface area (Å²) in [6.45, 7) is 6.45. The van der Waals surface area contributed by atoms with Crippen LogP contribution in [-0.4, -0.2) is 31.7 Å². The number of ether oxygens (including phenoxy) is 1. The Labute approximate surface area is 187 Å². The Hall–Kier alpha value is -2.90. The number of hydrogen-bond donors (Lipinski definition) is 1. The Morgan fingerprint density at radius 2 is 1.84 bits per heavy atom. The molecule has 0 spiro atoms. The maximum Gasteiger partial charge on any atom is 0.246 e. The smallest absolute Gasteiger partial charge is 0.246 e. The Morgan fingerprint density at radius 3 is 2.52 bits per heavy atom. The summed E-state index contributed by atoms with van der Waals surface area (Å²) in [6.07, 6.45) is 0. The van der Waals surface area contributed by atoms with Crippen LogP contribution < -0.4 is 10.1 Å². The lowest BCUT2D eigenvalue weighted by molar-refractivity contribution is -0.118. The van der Waals surface area contributed by atoms with E-state index in [1.807, 2.05) is 64.5 Å². The van der Waals surface area contributed by atoms with Gasteiger partial charge in [-0.3, -0.25) is 9.59 Å². The summed E-state index contributed by atoms with van der Waals surface area (Å²) in [4.78, 5) is 28.4. The van der Waals surface area contributed by atoms with Crippen LogP contribution in [0, 0.1) is 0 Å². The maximum absolute atomic E-state index is 13.7. The number of amides is 2. The van der Waals surface area contributed by atoms with Gasteiger partial charge in [-0.2, -0.15) is 0 Å². The molecule has 0 radical (unpaired) electrons. The fourth-order valence-electron chi connectivity index (χ4n) is 4.22. The van der Waals surface area contributed by atoms with Crippen LogP contribution in [0.1, 0.15) is 32.8 Å². The number of nitrogens with zero attached hydrogens (tertiary/aromatic N) is 1. The molecule has 2 heterocycles. The molecule has 0 saturated carbocycles. The molecule has 0 bridgehead atoms. The van der Waals surface area contributed by atoms with Crippen LogP contribution in [0.15, 0.2) is 66.0 Å². The van der Waals surface area contributed by atoms with Crippen molar-refractivity contribution in [1.29, 1.82) is 0 Å². The van der Waals surface area contributed by atoms with E-state index >= 15 is 0 Å². The summed E-state index contributed by atoms with van der Waals surface area (Å²) in [6, 6.07) is 18.5. The highest BCUT2D eigenvalue weighted by Gasteiger charge is 2.48. The summed E-state index contributed by atoms with van der Waals surface area (Å²) in [5.41, 5.74) is 2.06. The standard InChI is InChI=1S/C24H26N2O3SSi/c1-29-17-10-7-9-16(15-17)25-23(27)21-18-11-5-6-12-19(18)24(28)26(31(2,3)4)22(21)20-13-8-14-30-20/h5-15,21-22H,1-4H3,(H,25,27). The number of rotatable bonds is 5. The minimum Gasteiger partial charge on any atom is -0.497 e. The van der Waals surface area contributed by atoms with Crippen LogP contribution in [-0.2, 0) is 4.79 Å². The lowest BCUT2D eigenvalue weighted by Gasteiger charge is -2.47. The van der Waals surface area contributed by atoms with Crippen LogP contribution in [0.2, 0.25) is 19.6 Å². The molecular formula is C24H26N2O3SSi. The summed E-state index contributed by atoms with van der Waals surface area (Å²) < 4.78 is 7.29. The molecule has 1 N–H and O–H groups in total. The van der Waals surface area contributed by atoms with Crippen LogP contribution in [0.4, 0.5) is 5.69 Å². The number of carbonyl (C=O) groups excluding carboxylic acids is 2. The first-order valence-corrected chi connectivity index (χ1v) is 14.5. The molecule has 0 fully saturated rings. The van der Waals surface area contributed by atoms with Gasteiger partial charge in [-0.1, -0.05) is 50.0 Å². The zero-order valence-corrected chi connectivity index (χ0v) is 19.9. The zero-order chi connectivity index (χ0) is 22.2. The van der Waals surface area contributed by atoms with Crippen molar-refractivity contribution in [2.75, 3.05) is 12.4 Å². The summed E-state index contributed by atoms with van der Waals surface area (Å²) in [7, 11) is -0.511. The molecule has 2 aromatic carbocycles. The highest BCUT2D eigenvalue weighted by atomic mass is 32.1. The molecule has 2 unspecified atom stereocenters. The first kappa shape index (κ1) is 21.3. The average Bonchev–Trinajstić information content (AvgIpc) is 3.27.